The fraction of sp³-hybridized carbons (Fsp3) is 0.154. The third-order valence-electron chi connectivity index (χ3n) is 2.62. The summed E-state index contributed by atoms with van der Waals surface area (Å²) in [6, 6.07) is 7.45. The molecule has 2 rings (SSSR count). The topological polar surface area (TPSA) is 55.1 Å². The van der Waals surface area contributed by atoms with Crippen LogP contribution in [0.15, 0.2) is 28.7 Å². The first-order valence-corrected chi connectivity index (χ1v) is 7.01. The predicted octanol–water partition coefficient (Wildman–Crippen LogP) is 3.96. The Morgan fingerprint density at radius 1 is 1.33 bits per heavy atom. The Morgan fingerprint density at radius 2 is 2.06 bits per heavy atom. The Balaban J connectivity index is 2.21. The number of nitrogens with two attached hydrogens (primary N) is 1. The van der Waals surface area contributed by atoms with E-state index in [0.717, 1.165) is 20.6 Å². The largest absolute Gasteiger partial charge is 0.398 e. The van der Waals surface area contributed by atoms with Crippen molar-refractivity contribution in [2.45, 2.75) is 13.8 Å². The molecule has 0 fully saturated rings. The quantitative estimate of drug-likeness (QED) is 0.878. The van der Waals surface area contributed by atoms with Gasteiger partial charge in [-0.2, -0.15) is 0 Å². The van der Waals surface area contributed by atoms with Crippen LogP contribution in [0.2, 0.25) is 0 Å². The normalized spacial score (nSPS) is 10.4. The number of hydrogen-bond acceptors (Lipinski definition) is 3. The summed E-state index contributed by atoms with van der Waals surface area (Å²) in [6.07, 6.45) is 0. The SMILES string of the molecule is Cc1cc(Br)ccc1NC(=O)c1cc(N)c(C)s1. The van der Waals surface area contributed by atoms with Gasteiger partial charge in [0, 0.05) is 20.7 Å². The van der Waals surface area contributed by atoms with Gasteiger partial charge >= 0.3 is 0 Å². The van der Waals surface area contributed by atoms with E-state index in [4.69, 9.17) is 5.73 Å². The van der Waals surface area contributed by atoms with Gasteiger partial charge in [-0.3, -0.25) is 4.79 Å². The van der Waals surface area contributed by atoms with E-state index < -0.39 is 0 Å². The molecule has 0 aliphatic rings. The minimum atomic E-state index is -0.120. The standard InChI is InChI=1S/C13H13BrN2OS/c1-7-5-9(14)3-4-11(7)16-13(17)12-6-10(15)8(2)18-12/h3-6H,15H2,1-2H3,(H,16,17). The summed E-state index contributed by atoms with van der Waals surface area (Å²) >= 11 is 4.80. The molecule has 1 aromatic carbocycles. The van der Waals surface area contributed by atoms with Gasteiger partial charge in [-0.25, -0.2) is 0 Å². The highest BCUT2D eigenvalue weighted by Crippen LogP contribution is 2.25. The van der Waals surface area contributed by atoms with Crippen LogP contribution < -0.4 is 11.1 Å². The first-order chi connectivity index (χ1) is 8.47. The Labute approximate surface area is 118 Å². The summed E-state index contributed by atoms with van der Waals surface area (Å²) in [6.45, 7) is 3.86. The van der Waals surface area contributed by atoms with Crippen LogP contribution in [-0.4, -0.2) is 5.91 Å². The number of benzene rings is 1. The molecule has 94 valence electrons. The molecule has 0 atom stereocenters. The lowest BCUT2D eigenvalue weighted by Crippen LogP contribution is -2.11. The molecule has 0 unspecified atom stereocenters. The second-order valence-electron chi connectivity index (χ2n) is 4.04. The van der Waals surface area contributed by atoms with Crippen molar-refractivity contribution in [2.24, 2.45) is 0 Å². The van der Waals surface area contributed by atoms with Crippen molar-refractivity contribution in [3.8, 4) is 0 Å². The van der Waals surface area contributed by atoms with E-state index in [0.29, 0.717) is 10.6 Å². The van der Waals surface area contributed by atoms with Crippen LogP contribution in [0.5, 0.6) is 0 Å². The van der Waals surface area contributed by atoms with E-state index in [1.165, 1.54) is 11.3 Å². The molecule has 1 aromatic heterocycles. The van der Waals surface area contributed by atoms with Gasteiger partial charge in [0.2, 0.25) is 0 Å². The molecule has 1 amide bonds. The molecule has 0 saturated heterocycles. The van der Waals surface area contributed by atoms with Crippen LogP contribution in [-0.2, 0) is 0 Å². The molecule has 3 N–H and O–H groups in total. The Kier molecular flexibility index (Phi) is 3.73. The number of rotatable bonds is 2. The number of halogens is 1. The first kappa shape index (κ1) is 13.1. The van der Waals surface area contributed by atoms with Crippen LogP contribution >= 0.6 is 27.3 Å². The second kappa shape index (κ2) is 5.12. The Morgan fingerprint density at radius 3 is 2.61 bits per heavy atom. The lowest BCUT2D eigenvalue weighted by Gasteiger charge is -2.07. The summed E-state index contributed by atoms with van der Waals surface area (Å²) in [4.78, 5) is 13.6. The van der Waals surface area contributed by atoms with Gasteiger partial charge in [-0.15, -0.1) is 11.3 Å². The lowest BCUT2D eigenvalue weighted by atomic mass is 10.2. The zero-order valence-corrected chi connectivity index (χ0v) is 12.5. The number of nitrogens with one attached hydrogen (secondary N) is 1. The van der Waals surface area contributed by atoms with Crippen molar-refractivity contribution >= 4 is 44.5 Å². The summed E-state index contributed by atoms with van der Waals surface area (Å²) in [7, 11) is 0. The molecule has 0 saturated carbocycles. The number of nitrogen functional groups attached to an aromatic ring is 1. The van der Waals surface area contributed by atoms with Crippen LogP contribution in [0.4, 0.5) is 11.4 Å². The average molecular weight is 325 g/mol. The fourth-order valence-electron chi connectivity index (χ4n) is 1.56. The fourth-order valence-corrected chi connectivity index (χ4v) is 2.87. The number of carbonyl (C=O) groups excluding carboxylic acids is 1. The van der Waals surface area contributed by atoms with Crippen molar-refractivity contribution in [1.82, 2.24) is 0 Å². The molecule has 0 spiro atoms. The number of thiophene rings is 1. The highest BCUT2D eigenvalue weighted by atomic mass is 79.9. The Hall–Kier alpha value is -1.33. The van der Waals surface area contributed by atoms with Crippen molar-refractivity contribution in [1.29, 1.82) is 0 Å². The van der Waals surface area contributed by atoms with E-state index in [2.05, 4.69) is 21.2 Å². The van der Waals surface area contributed by atoms with Gasteiger partial charge in [0.25, 0.3) is 5.91 Å². The summed E-state index contributed by atoms with van der Waals surface area (Å²) < 4.78 is 0.995. The Bertz CT molecular complexity index is 588. The van der Waals surface area contributed by atoms with E-state index in [1.807, 2.05) is 32.0 Å². The van der Waals surface area contributed by atoms with Crippen LogP contribution in [0.1, 0.15) is 20.1 Å². The number of hydrogen-bond donors (Lipinski definition) is 2. The number of anilines is 2. The van der Waals surface area contributed by atoms with E-state index in [1.54, 1.807) is 6.07 Å². The van der Waals surface area contributed by atoms with Crippen LogP contribution in [0.25, 0.3) is 0 Å². The van der Waals surface area contributed by atoms with Crippen molar-refractivity contribution in [2.75, 3.05) is 11.1 Å². The zero-order valence-electron chi connectivity index (χ0n) is 10.1. The highest BCUT2D eigenvalue weighted by Gasteiger charge is 2.12. The summed E-state index contributed by atoms with van der Waals surface area (Å²) in [5.41, 5.74) is 8.24. The molecular weight excluding hydrogens is 312 g/mol. The van der Waals surface area contributed by atoms with Crippen LogP contribution in [0, 0.1) is 13.8 Å². The molecule has 0 aliphatic heterocycles. The molecule has 3 nitrogen and oxygen atoms in total. The van der Waals surface area contributed by atoms with E-state index >= 15 is 0 Å². The molecule has 2 aromatic rings. The summed E-state index contributed by atoms with van der Waals surface area (Å²) in [5.74, 6) is -0.120. The molecule has 1 heterocycles. The van der Waals surface area contributed by atoms with Gasteiger partial charge in [0.15, 0.2) is 0 Å². The van der Waals surface area contributed by atoms with Gasteiger partial charge in [-0.1, -0.05) is 15.9 Å². The van der Waals surface area contributed by atoms with Gasteiger partial charge in [-0.05, 0) is 43.7 Å². The van der Waals surface area contributed by atoms with E-state index in [-0.39, 0.29) is 5.91 Å². The highest BCUT2D eigenvalue weighted by molar-refractivity contribution is 9.10. The predicted molar refractivity (Wildman–Crippen MR) is 80.3 cm³/mol. The van der Waals surface area contributed by atoms with Crippen LogP contribution in [0.3, 0.4) is 0 Å². The van der Waals surface area contributed by atoms with Crippen molar-refractivity contribution in [3.05, 3.63) is 44.1 Å². The molecule has 0 bridgehead atoms. The number of amides is 1. The molecule has 18 heavy (non-hydrogen) atoms. The molecular formula is C13H13BrN2OS. The smallest absolute Gasteiger partial charge is 0.265 e. The minimum Gasteiger partial charge on any atom is -0.398 e. The lowest BCUT2D eigenvalue weighted by molar-refractivity contribution is 0.103. The maximum atomic E-state index is 12.0. The second-order valence-corrected chi connectivity index (χ2v) is 6.21. The van der Waals surface area contributed by atoms with Crippen molar-refractivity contribution in [3.63, 3.8) is 0 Å². The van der Waals surface area contributed by atoms with Gasteiger partial charge in [0.05, 0.1) is 4.88 Å². The molecule has 0 aliphatic carbocycles. The van der Waals surface area contributed by atoms with Gasteiger partial charge < -0.3 is 11.1 Å². The first-order valence-electron chi connectivity index (χ1n) is 5.41. The molecule has 5 heteroatoms. The van der Waals surface area contributed by atoms with E-state index in [9.17, 15) is 4.79 Å². The number of aryl methyl sites for hydroxylation is 2. The maximum Gasteiger partial charge on any atom is 0.265 e. The monoisotopic (exact) mass is 324 g/mol. The maximum absolute atomic E-state index is 12.0. The average Bonchev–Trinajstić information content (AvgIpc) is 2.63. The number of carbonyl (C=O) groups is 1. The zero-order chi connectivity index (χ0) is 13.3. The third-order valence-corrected chi connectivity index (χ3v) is 4.17. The minimum absolute atomic E-state index is 0.120. The van der Waals surface area contributed by atoms with Crippen molar-refractivity contribution < 1.29 is 4.79 Å². The third kappa shape index (κ3) is 2.73. The molecule has 0 radical (unpaired) electrons. The summed E-state index contributed by atoms with van der Waals surface area (Å²) in [5, 5.41) is 2.89. The van der Waals surface area contributed by atoms with Gasteiger partial charge in [0.1, 0.15) is 0 Å².